The summed E-state index contributed by atoms with van der Waals surface area (Å²) >= 11 is 0. The molecule has 0 amide bonds. The van der Waals surface area contributed by atoms with Gasteiger partial charge in [-0.05, 0) is 43.7 Å². The van der Waals surface area contributed by atoms with E-state index in [-0.39, 0.29) is 5.56 Å². The van der Waals surface area contributed by atoms with Crippen LogP contribution in [0.1, 0.15) is 19.3 Å². The van der Waals surface area contributed by atoms with Crippen LogP contribution < -0.4 is 15.2 Å². The summed E-state index contributed by atoms with van der Waals surface area (Å²) < 4.78 is 6.99. The standard InChI is InChI=1S/C23H29N5O2/c1-30-22-12-6-5-11-21(22)27-17-15-26(16-18-27)13-7-2-8-14-28-23(29)19-9-3-4-10-20(19)24-25-28/h3-6,9-12H,2,7-8,13-18H2,1H3. The molecular formula is C23H29N5O2. The van der Waals surface area contributed by atoms with E-state index in [2.05, 4.69) is 32.2 Å². The smallest absolute Gasteiger partial charge is 0.277 e. The van der Waals surface area contributed by atoms with Crippen LogP contribution in [0.2, 0.25) is 0 Å². The largest absolute Gasteiger partial charge is 0.495 e. The molecule has 4 rings (SSSR count). The molecular weight excluding hydrogens is 378 g/mol. The molecule has 3 aromatic rings. The molecule has 158 valence electrons. The third kappa shape index (κ3) is 4.62. The van der Waals surface area contributed by atoms with E-state index in [4.69, 9.17) is 4.74 Å². The molecule has 0 atom stereocenters. The Hall–Kier alpha value is -2.93. The second kappa shape index (κ2) is 9.71. The van der Waals surface area contributed by atoms with E-state index in [0.717, 1.165) is 57.7 Å². The molecule has 30 heavy (non-hydrogen) atoms. The van der Waals surface area contributed by atoms with E-state index in [1.807, 2.05) is 36.4 Å². The molecule has 1 aliphatic rings. The Labute approximate surface area is 176 Å². The van der Waals surface area contributed by atoms with Gasteiger partial charge in [-0.25, -0.2) is 4.68 Å². The molecule has 0 aliphatic carbocycles. The van der Waals surface area contributed by atoms with Crippen LogP contribution in [-0.4, -0.2) is 59.7 Å². The minimum Gasteiger partial charge on any atom is -0.495 e. The molecule has 1 aromatic heterocycles. The molecule has 0 spiro atoms. The first kappa shape index (κ1) is 20.3. The first-order valence-electron chi connectivity index (χ1n) is 10.7. The highest BCUT2D eigenvalue weighted by atomic mass is 16.5. The maximum atomic E-state index is 12.5. The number of aromatic nitrogens is 3. The summed E-state index contributed by atoms with van der Waals surface area (Å²) in [4.78, 5) is 17.4. The molecule has 2 aromatic carbocycles. The number of para-hydroxylation sites is 2. The van der Waals surface area contributed by atoms with E-state index in [1.54, 1.807) is 7.11 Å². The second-order valence-electron chi connectivity index (χ2n) is 7.70. The van der Waals surface area contributed by atoms with Crippen molar-refractivity contribution in [3.63, 3.8) is 0 Å². The molecule has 0 bridgehead atoms. The topological polar surface area (TPSA) is 63.5 Å². The molecule has 0 N–H and O–H groups in total. The van der Waals surface area contributed by atoms with Gasteiger partial charge in [0, 0.05) is 32.7 Å². The summed E-state index contributed by atoms with van der Waals surface area (Å²) in [7, 11) is 1.73. The summed E-state index contributed by atoms with van der Waals surface area (Å²) in [6, 6.07) is 15.6. The fraction of sp³-hybridized carbons (Fsp3) is 0.435. The van der Waals surface area contributed by atoms with Gasteiger partial charge in [0.2, 0.25) is 0 Å². The number of piperazine rings is 1. The predicted octanol–water partition coefficient (Wildman–Crippen LogP) is 2.79. The Morgan fingerprint density at radius 3 is 2.47 bits per heavy atom. The molecule has 1 saturated heterocycles. The van der Waals surface area contributed by atoms with Crippen molar-refractivity contribution in [1.82, 2.24) is 19.9 Å². The third-order valence-corrected chi connectivity index (χ3v) is 5.77. The van der Waals surface area contributed by atoms with Crippen LogP contribution in [0.4, 0.5) is 5.69 Å². The average molecular weight is 408 g/mol. The van der Waals surface area contributed by atoms with Crippen molar-refractivity contribution in [1.29, 1.82) is 0 Å². The normalized spacial score (nSPS) is 14.9. The van der Waals surface area contributed by atoms with Crippen molar-refractivity contribution >= 4 is 16.6 Å². The highest BCUT2D eigenvalue weighted by Crippen LogP contribution is 2.28. The molecule has 2 heterocycles. The number of unbranched alkanes of at least 4 members (excludes halogenated alkanes) is 2. The van der Waals surface area contributed by atoms with Gasteiger partial charge in [-0.1, -0.05) is 35.9 Å². The fourth-order valence-corrected chi connectivity index (χ4v) is 4.05. The monoisotopic (exact) mass is 407 g/mol. The fourth-order valence-electron chi connectivity index (χ4n) is 4.05. The number of benzene rings is 2. The first-order valence-corrected chi connectivity index (χ1v) is 10.7. The number of anilines is 1. The van der Waals surface area contributed by atoms with Gasteiger partial charge in [0.25, 0.3) is 5.56 Å². The summed E-state index contributed by atoms with van der Waals surface area (Å²) in [6.45, 7) is 5.88. The molecule has 0 unspecified atom stereocenters. The molecule has 1 fully saturated rings. The summed E-state index contributed by atoms with van der Waals surface area (Å²) in [6.07, 6.45) is 3.15. The zero-order chi connectivity index (χ0) is 20.8. The molecule has 0 radical (unpaired) electrons. The highest BCUT2D eigenvalue weighted by Gasteiger charge is 2.19. The van der Waals surface area contributed by atoms with Gasteiger partial charge in [0.1, 0.15) is 11.3 Å². The third-order valence-electron chi connectivity index (χ3n) is 5.77. The Bertz CT molecular complexity index is 1030. The van der Waals surface area contributed by atoms with Crippen LogP contribution in [-0.2, 0) is 6.54 Å². The Kier molecular flexibility index (Phi) is 6.59. The molecule has 7 nitrogen and oxygen atoms in total. The maximum absolute atomic E-state index is 12.5. The molecule has 7 heteroatoms. The lowest BCUT2D eigenvalue weighted by atomic mass is 10.2. The summed E-state index contributed by atoms with van der Waals surface area (Å²) in [5.74, 6) is 0.943. The number of rotatable bonds is 8. The number of fused-ring (bicyclic) bond motifs is 1. The van der Waals surface area contributed by atoms with E-state index >= 15 is 0 Å². The van der Waals surface area contributed by atoms with Crippen LogP contribution in [0.3, 0.4) is 0 Å². The van der Waals surface area contributed by atoms with Crippen LogP contribution >= 0.6 is 0 Å². The predicted molar refractivity (Wildman–Crippen MR) is 119 cm³/mol. The van der Waals surface area contributed by atoms with E-state index in [9.17, 15) is 4.79 Å². The van der Waals surface area contributed by atoms with Gasteiger partial charge in [-0.2, -0.15) is 0 Å². The van der Waals surface area contributed by atoms with Crippen molar-refractivity contribution < 1.29 is 4.74 Å². The quantitative estimate of drug-likeness (QED) is 0.535. The van der Waals surface area contributed by atoms with Gasteiger partial charge in [0.15, 0.2) is 0 Å². The lowest BCUT2D eigenvalue weighted by Crippen LogP contribution is -2.46. The second-order valence-corrected chi connectivity index (χ2v) is 7.70. The minimum atomic E-state index is -0.0481. The number of ether oxygens (including phenoxy) is 1. The SMILES string of the molecule is COc1ccccc1N1CCN(CCCCCn2nnc3ccccc3c2=O)CC1. The van der Waals surface area contributed by atoms with Crippen LogP contribution in [0.5, 0.6) is 5.75 Å². The molecule has 0 saturated carbocycles. The minimum absolute atomic E-state index is 0.0481. The maximum Gasteiger partial charge on any atom is 0.277 e. The zero-order valence-corrected chi connectivity index (χ0v) is 17.5. The van der Waals surface area contributed by atoms with Gasteiger partial charge in [-0.15, -0.1) is 5.10 Å². The van der Waals surface area contributed by atoms with Gasteiger partial charge < -0.3 is 9.64 Å². The van der Waals surface area contributed by atoms with E-state index in [0.29, 0.717) is 17.4 Å². The highest BCUT2D eigenvalue weighted by molar-refractivity contribution is 5.76. The van der Waals surface area contributed by atoms with E-state index < -0.39 is 0 Å². The summed E-state index contributed by atoms with van der Waals surface area (Å²) in [5, 5.41) is 8.86. The number of hydrogen-bond donors (Lipinski definition) is 0. The lowest BCUT2D eigenvalue weighted by Gasteiger charge is -2.36. The number of nitrogens with zero attached hydrogens (tertiary/aromatic N) is 5. The van der Waals surface area contributed by atoms with Gasteiger partial charge in [-0.3, -0.25) is 9.69 Å². The van der Waals surface area contributed by atoms with E-state index in [1.165, 1.54) is 10.4 Å². The van der Waals surface area contributed by atoms with Crippen molar-refractivity contribution in [2.75, 3.05) is 44.7 Å². The summed E-state index contributed by atoms with van der Waals surface area (Å²) in [5.41, 5.74) is 1.79. The van der Waals surface area contributed by atoms with Crippen LogP contribution in [0, 0.1) is 0 Å². The number of aryl methyl sites for hydroxylation is 1. The Balaban J connectivity index is 1.19. The first-order chi connectivity index (χ1) is 14.8. The van der Waals surface area contributed by atoms with Crippen LogP contribution in [0.15, 0.2) is 53.3 Å². The van der Waals surface area contributed by atoms with Crippen molar-refractivity contribution in [2.45, 2.75) is 25.8 Å². The Morgan fingerprint density at radius 1 is 0.900 bits per heavy atom. The van der Waals surface area contributed by atoms with Crippen molar-refractivity contribution in [2.24, 2.45) is 0 Å². The van der Waals surface area contributed by atoms with Gasteiger partial charge >= 0.3 is 0 Å². The Morgan fingerprint density at radius 2 is 1.63 bits per heavy atom. The van der Waals surface area contributed by atoms with Gasteiger partial charge in [0.05, 0.1) is 18.2 Å². The lowest BCUT2D eigenvalue weighted by molar-refractivity contribution is 0.250. The average Bonchev–Trinajstić information content (AvgIpc) is 2.81. The van der Waals surface area contributed by atoms with Crippen molar-refractivity contribution in [3.8, 4) is 5.75 Å². The molecule has 1 aliphatic heterocycles. The number of methoxy groups -OCH3 is 1. The van der Waals surface area contributed by atoms with Crippen LogP contribution in [0.25, 0.3) is 10.9 Å². The zero-order valence-electron chi connectivity index (χ0n) is 17.5. The number of hydrogen-bond acceptors (Lipinski definition) is 6. The van der Waals surface area contributed by atoms with Crippen molar-refractivity contribution in [3.05, 3.63) is 58.9 Å².